The molecule has 0 unspecified atom stereocenters. The molecule has 1 aromatic heterocycles. The number of nitrogens with zero attached hydrogens (tertiary/aromatic N) is 3. The summed E-state index contributed by atoms with van der Waals surface area (Å²) in [5, 5.41) is 8.95. The molecule has 0 saturated carbocycles. The fraction of sp³-hybridized carbons (Fsp3) is 0.207. The number of rotatable bonds is 8. The van der Waals surface area contributed by atoms with Crippen molar-refractivity contribution < 1.29 is 9.53 Å². The van der Waals surface area contributed by atoms with Crippen LogP contribution in [-0.2, 0) is 4.79 Å². The lowest BCUT2D eigenvalue weighted by atomic mass is 10.0. The van der Waals surface area contributed by atoms with Crippen molar-refractivity contribution in [1.82, 2.24) is 15.2 Å². The zero-order valence-electron chi connectivity index (χ0n) is 20.5. The van der Waals surface area contributed by atoms with Crippen LogP contribution >= 0.6 is 0 Å². The summed E-state index contributed by atoms with van der Waals surface area (Å²) in [6.45, 7) is 8.15. The third-order valence-corrected chi connectivity index (χ3v) is 5.72. The van der Waals surface area contributed by atoms with Gasteiger partial charge in [-0.05, 0) is 49.1 Å². The van der Waals surface area contributed by atoms with Crippen LogP contribution < -0.4 is 10.2 Å². The smallest absolute Gasteiger partial charge is 0.277 e. The predicted octanol–water partition coefficient (Wildman–Crippen LogP) is 5.81. The van der Waals surface area contributed by atoms with Crippen molar-refractivity contribution in [3.8, 4) is 22.7 Å². The van der Waals surface area contributed by atoms with Crippen molar-refractivity contribution >= 4 is 12.1 Å². The number of nitrogens with one attached hydrogen (secondary N) is 1. The maximum atomic E-state index is 12.4. The first kappa shape index (κ1) is 24.0. The Morgan fingerprint density at radius 2 is 1.80 bits per heavy atom. The van der Waals surface area contributed by atoms with Crippen molar-refractivity contribution in [3.63, 3.8) is 0 Å². The van der Waals surface area contributed by atoms with E-state index in [4.69, 9.17) is 9.84 Å². The van der Waals surface area contributed by atoms with E-state index in [1.54, 1.807) is 6.21 Å². The van der Waals surface area contributed by atoms with E-state index in [-0.39, 0.29) is 12.5 Å². The molecule has 1 heterocycles. The summed E-state index contributed by atoms with van der Waals surface area (Å²) in [6, 6.07) is 24.1. The van der Waals surface area contributed by atoms with Gasteiger partial charge in [0.15, 0.2) is 6.61 Å². The molecule has 1 amide bonds. The molecule has 3 aromatic carbocycles. The first-order valence-corrected chi connectivity index (χ1v) is 11.7. The van der Waals surface area contributed by atoms with Crippen LogP contribution in [0.5, 0.6) is 5.75 Å². The number of hydrogen-bond donors (Lipinski definition) is 1. The fourth-order valence-corrected chi connectivity index (χ4v) is 3.61. The molecule has 35 heavy (non-hydrogen) atoms. The minimum Gasteiger partial charge on any atom is -0.483 e. The summed E-state index contributed by atoms with van der Waals surface area (Å²) < 4.78 is 7.57. The molecule has 0 bridgehead atoms. The van der Waals surface area contributed by atoms with Crippen molar-refractivity contribution in [2.45, 2.75) is 33.6 Å². The van der Waals surface area contributed by atoms with E-state index in [1.165, 1.54) is 11.1 Å². The first-order valence-electron chi connectivity index (χ1n) is 11.7. The van der Waals surface area contributed by atoms with E-state index in [0.717, 1.165) is 28.1 Å². The molecule has 0 aliphatic carbocycles. The lowest BCUT2D eigenvalue weighted by molar-refractivity contribution is -0.123. The Bertz CT molecular complexity index is 1320. The summed E-state index contributed by atoms with van der Waals surface area (Å²) in [5.41, 5.74) is 9.38. The van der Waals surface area contributed by atoms with Gasteiger partial charge in [0.1, 0.15) is 11.4 Å². The Kier molecular flexibility index (Phi) is 7.41. The zero-order chi connectivity index (χ0) is 24.8. The largest absolute Gasteiger partial charge is 0.483 e. The average Bonchev–Trinajstić information content (AvgIpc) is 3.28. The molecule has 4 aromatic rings. The van der Waals surface area contributed by atoms with Gasteiger partial charge in [0, 0.05) is 17.3 Å². The standard InChI is InChI=1S/C29H30N4O2/c1-20(2)24-15-12-22(4)27(16-24)35-19-28(34)31-30-17-25-18-33(26-8-6-5-7-9-26)32-29(25)23-13-10-21(3)11-14-23/h5-18,20H,19H2,1-4H3,(H,31,34)/b30-17-. The molecule has 0 aliphatic heterocycles. The number of ether oxygens (including phenoxy) is 1. The molecule has 1 N–H and O–H groups in total. The Hall–Kier alpha value is -4.19. The highest BCUT2D eigenvalue weighted by Gasteiger charge is 2.12. The lowest BCUT2D eigenvalue weighted by Gasteiger charge is -2.12. The Morgan fingerprint density at radius 3 is 2.51 bits per heavy atom. The van der Waals surface area contributed by atoms with Gasteiger partial charge >= 0.3 is 0 Å². The summed E-state index contributed by atoms with van der Waals surface area (Å²) in [6.07, 6.45) is 3.52. The van der Waals surface area contributed by atoms with E-state index in [2.05, 4.69) is 30.4 Å². The lowest BCUT2D eigenvalue weighted by Crippen LogP contribution is -2.24. The van der Waals surface area contributed by atoms with E-state index in [1.807, 2.05) is 91.5 Å². The first-order chi connectivity index (χ1) is 16.9. The van der Waals surface area contributed by atoms with Crippen LogP contribution in [0.25, 0.3) is 16.9 Å². The minimum absolute atomic E-state index is 0.117. The molecule has 4 rings (SSSR count). The number of para-hydroxylation sites is 1. The SMILES string of the molecule is Cc1ccc(-c2nn(-c3ccccc3)cc2/C=N\NC(=O)COc2cc(C(C)C)ccc2C)cc1. The van der Waals surface area contributed by atoms with Crippen LogP contribution in [0.4, 0.5) is 0 Å². The number of aromatic nitrogens is 2. The van der Waals surface area contributed by atoms with Gasteiger partial charge in [0.25, 0.3) is 5.91 Å². The second kappa shape index (κ2) is 10.8. The topological polar surface area (TPSA) is 68.5 Å². The fourth-order valence-electron chi connectivity index (χ4n) is 3.61. The van der Waals surface area contributed by atoms with Gasteiger partial charge in [-0.1, -0.05) is 74.0 Å². The van der Waals surface area contributed by atoms with Crippen molar-refractivity contribution in [2.24, 2.45) is 5.10 Å². The van der Waals surface area contributed by atoms with Gasteiger partial charge < -0.3 is 4.74 Å². The van der Waals surface area contributed by atoms with E-state index in [0.29, 0.717) is 11.7 Å². The number of carbonyl (C=O) groups excluding carboxylic acids is 1. The van der Waals surface area contributed by atoms with Crippen molar-refractivity contribution in [3.05, 3.63) is 101 Å². The zero-order valence-corrected chi connectivity index (χ0v) is 20.5. The Labute approximate surface area is 206 Å². The second-order valence-electron chi connectivity index (χ2n) is 8.84. The third kappa shape index (κ3) is 6.03. The van der Waals surface area contributed by atoms with E-state index < -0.39 is 0 Å². The Balaban J connectivity index is 1.48. The second-order valence-corrected chi connectivity index (χ2v) is 8.84. The minimum atomic E-state index is -0.331. The number of carbonyl (C=O) groups is 1. The summed E-state index contributed by atoms with van der Waals surface area (Å²) >= 11 is 0. The number of hydrogen-bond acceptors (Lipinski definition) is 4. The van der Waals surface area contributed by atoms with Crippen LogP contribution in [0.2, 0.25) is 0 Å². The number of amides is 1. The average molecular weight is 467 g/mol. The molecular formula is C29H30N4O2. The van der Waals surface area contributed by atoms with Gasteiger partial charge in [-0.2, -0.15) is 10.2 Å². The van der Waals surface area contributed by atoms with Crippen LogP contribution in [0, 0.1) is 13.8 Å². The number of benzene rings is 3. The van der Waals surface area contributed by atoms with Gasteiger partial charge in [0.2, 0.25) is 0 Å². The number of aryl methyl sites for hydroxylation is 2. The molecule has 6 heteroatoms. The third-order valence-electron chi connectivity index (χ3n) is 5.72. The molecule has 0 aliphatic rings. The molecule has 0 atom stereocenters. The molecule has 0 spiro atoms. The van der Waals surface area contributed by atoms with E-state index >= 15 is 0 Å². The van der Waals surface area contributed by atoms with Crippen molar-refractivity contribution in [1.29, 1.82) is 0 Å². The van der Waals surface area contributed by atoms with Crippen LogP contribution in [0.3, 0.4) is 0 Å². The summed E-state index contributed by atoms with van der Waals surface area (Å²) in [5.74, 6) is 0.764. The monoisotopic (exact) mass is 466 g/mol. The van der Waals surface area contributed by atoms with E-state index in [9.17, 15) is 4.79 Å². The normalized spacial score (nSPS) is 11.2. The van der Waals surface area contributed by atoms with Crippen LogP contribution in [-0.4, -0.2) is 28.5 Å². The Morgan fingerprint density at radius 1 is 1.06 bits per heavy atom. The van der Waals surface area contributed by atoms with Gasteiger partial charge in [0.05, 0.1) is 11.9 Å². The van der Waals surface area contributed by atoms with Crippen LogP contribution in [0.1, 0.15) is 42.0 Å². The molecular weight excluding hydrogens is 436 g/mol. The molecule has 6 nitrogen and oxygen atoms in total. The quantitative estimate of drug-likeness (QED) is 0.263. The maximum Gasteiger partial charge on any atom is 0.277 e. The highest BCUT2D eigenvalue weighted by Crippen LogP contribution is 2.25. The van der Waals surface area contributed by atoms with Gasteiger partial charge in [-0.25, -0.2) is 10.1 Å². The molecule has 0 fully saturated rings. The van der Waals surface area contributed by atoms with Gasteiger partial charge in [-0.3, -0.25) is 4.79 Å². The summed E-state index contributed by atoms with van der Waals surface area (Å²) in [7, 11) is 0. The number of hydrazone groups is 1. The van der Waals surface area contributed by atoms with Crippen molar-refractivity contribution in [2.75, 3.05) is 6.61 Å². The van der Waals surface area contributed by atoms with Crippen LogP contribution in [0.15, 0.2) is 84.1 Å². The summed E-state index contributed by atoms with van der Waals surface area (Å²) in [4.78, 5) is 12.4. The maximum absolute atomic E-state index is 12.4. The molecule has 0 radical (unpaired) electrons. The predicted molar refractivity (Wildman–Crippen MR) is 140 cm³/mol. The van der Waals surface area contributed by atoms with Gasteiger partial charge in [-0.15, -0.1) is 0 Å². The molecule has 178 valence electrons. The highest BCUT2D eigenvalue weighted by atomic mass is 16.5. The molecule has 0 saturated heterocycles. The highest BCUT2D eigenvalue weighted by molar-refractivity contribution is 5.89.